The first-order chi connectivity index (χ1) is 13.4. The topological polar surface area (TPSA) is 59.5 Å². The van der Waals surface area contributed by atoms with Gasteiger partial charge in [0.2, 0.25) is 9.84 Å². The second-order valence-corrected chi connectivity index (χ2v) is 9.22. The number of hydrogen-bond acceptors (Lipinski definition) is 5. The Balaban J connectivity index is 1.99. The molecule has 0 radical (unpaired) electrons. The minimum absolute atomic E-state index is 0.262. The number of nitrogens with zero attached hydrogens (tertiary/aromatic N) is 2. The summed E-state index contributed by atoms with van der Waals surface area (Å²) < 4.78 is 32.5. The zero-order chi connectivity index (χ0) is 19.9. The van der Waals surface area contributed by atoms with E-state index in [2.05, 4.69) is 9.88 Å². The van der Waals surface area contributed by atoms with E-state index in [4.69, 9.17) is 4.74 Å². The molecular formula is C22H24N2O3S. The second-order valence-electron chi connectivity index (χ2n) is 7.30. The third-order valence-electron chi connectivity index (χ3n) is 5.51. The first-order valence-corrected chi connectivity index (χ1v) is 10.9. The van der Waals surface area contributed by atoms with Gasteiger partial charge < -0.3 is 9.64 Å². The van der Waals surface area contributed by atoms with Crippen molar-refractivity contribution < 1.29 is 13.2 Å². The molecule has 146 valence electrons. The predicted octanol–water partition coefficient (Wildman–Crippen LogP) is 4.29. The van der Waals surface area contributed by atoms with Crippen molar-refractivity contribution in [3.8, 4) is 5.75 Å². The van der Waals surface area contributed by atoms with E-state index in [0.717, 1.165) is 53.6 Å². The van der Waals surface area contributed by atoms with Gasteiger partial charge in [0.1, 0.15) is 10.6 Å². The summed E-state index contributed by atoms with van der Waals surface area (Å²) in [4.78, 5) is 7.19. The fourth-order valence-electron chi connectivity index (χ4n) is 3.74. The van der Waals surface area contributed by atoms with Gasteiger partial charge in [0.05, 0.1) is 23.2 Å². The number of fused-ring (bicyclic) bond motifs is 1. The van der Waals surface area contributed by atoms with Gasteiger partial charge in [-0.1, -0.05) is 6.07 Å². The SMILES string of the molecule is COc1ccc2ncc(S(=O)(=O)c3ccc(C)c(C)c3)c(N3CCCC3)c2c1. The molecule has 0 bridgehead atoms. The molecule has 28 heavy (non-hydrogen) atoms. The molecule has 2 heterocycles. The van der Waals surface area contributed by atoms with Gasteiger partial charge in [-0.2, -0.15) is 0 Å². The molecule has 1 aliphatic heterocycles. The van der Waals surface area contributed by atoms with Gasteiger partial charge in [0.25, 0.3) is 0 Å². The molecule has 1 fully saturated rings. The van der Waals surface area contributed by atoms with Crippen molar-refractivity contribution in [3.05, 3.63) is 53.7 Å². The van der Waals surface area contributed by atoms with E-state index in [0.29, 0.717) is 10.6 Å². The van der Waals surface area contributed by atoms with E-state index in [1.54, 1.807) is 19.2 Å². The lowest BCUT2D eigenvalue weighted by Crippen LogP contribution is -2.21. The molecular weight excluding hydrogens is 372 g/mol. The third-order valence-corrected chi connectivity index (χ3v) is 7.27. The number of ether oxygens (including phenoxy) is 1. The molecule has 6 heteroatoms. The van der Waals surface area contributed by atoms with Crippen LogP contribution in [0.2, 0.25) is 0 Å². The van der Waals surface area contributed by atoms with Crippen LogP contribution in [0.1, 0.15) is 24.0 Å². The van der Waals surface area contributed by atoms with Gasteiger partial charge in [-0.15, -0.1) is 0 Å². The van der Waals surface area contributed by atoms with Crippen LogP contribution in [-0.4, -0.2) is 33.6 Å². The number of aromatic nitrogens is 1. The molecule has 0 atom stereocenters. The van der Waals surface area contributed by atoms with Crippen molar-refractivity contribution in [1.82, 2.24) is 4.98 Å². The quantitative estimate of drug-likeness (QED) is 0.658. The van der Waals surface area contributed by atoms with Gasteiger partial charge in [0, 0.05) is 24.7 Å². The van der Waals surface area contributed by atoms with Crippen molar-refractivity contribution in [3.63, 3.8) is 0 Å². The standard InChI is InChI=1S/C22H24N2O3S/c1-15-6-8-18(12-16(15)2)28(25,26)21-14-23-20-9-7-17(27-3)13-19(20)22(21)24-10-4-5-11-24/h6-9,12-14H,4-5,10-11H2,1-3H3. The lowest BCUT2D eigenvalue weighted by atomic mass is 10.1. The lowest BCUT2D eigenvalue weighted by molar-refractivity contribution is 0.415. The van der Waals surface area contributed by atoms with Gasteiger partial charge in [-0.3, -0.25) is 4.98 Å². The van der Waals surface area contributed by atoms with Crippen LogP contribution in [-0.2, 0) is 9.84 Å². The zero-order valence-corrected chi connectivity index (χ0v) is 17.2. The van der Waals surface area contributed by atoms with Gasteiger partial charge >= 0.3 is 0 Å². The average molecular weight is 397 g/mol. The van der Waals surface area contributed by atoms with Crippen LogP contribution in [0.25, 0.3) is 10.9 Å². The Morgan fingerprint density at radius 3 is 2.43 bits per heavy atom. The molecule has 0 aliphatic carbocycles. The molecule has 1 aromatic heterocycles. The Labute approximate surface area is 165 Å². The number of hydrogen-bond donors (Lipinski definition) is 0. The van der Waals surface area contributed by atoms with E-state index in [-0.39, 0.29) is 4.90 Å². The number of rotatable bonds is 4. The normalized spacial score (nSPS) is 14.6. The summed E-state index contributed by atoms with van der Waals surface area (Å²) in [6.07, 6.45) is 3.61. The Morgan fingerprint density at radius 2 is 1.75 bits per heavy atom. The molecule has 5 nitrogen and oxygen atoms in total. The van der Waals surface area contributed by atoms with Crippen molar-refractivity contribution in [2.75, 3.05) is 25.1 Å². The Hall–Kier alpha value is -2.60. The van der Waals surface area contributed by atoms with Crippen LogP contribution >= 0.6 is 0 Å². The maximum absolute atomic E-state index is 13.6. The van der Waals surface area contributed by atoms with Crippen molar-refractivity contribution in [2.45, 2.75) is 36.5 Å². The minimum atomic E-state index is -3.70. The Kier molecular flexibility index (Phi) is 4.75. The molecule has 0 spiro atoms. The summed E-state index contributed by atoms with van der Waals surface area (Å²) in [5.41, 5.74) is 3.53. The van der Waals surface area contributed by atoms with Gasteiger partial charge in [-0.05, 0) is 68.1 Å². The average Bonchev–Trinajstić information content (AvgIpc) is 3.23. The minimum Gasteiger partial charge on any atom is -0.497 e. The number of methoxy groups -OCH3 is 1. The maximum atomic E-state index is 13.6. The van der Waals surface area contributed by atoms with Crippen LogP contribution in [0, 0.1) is 13.8 Å². The van der Waals surface area contributed by atoms with Crippen molar-refractivity contribution >= 4 is 26.4 Å². The van der Waals surface area contributed by atoms with Crippen LogP contribution in [0.5, 0.6) is 5.75 Å². The van der Waals surface area contributed by atoms with Crippen molar-refractivity contribution in [2.24, 2.45) is 0 Å². The summed E-state index contributed by atoms with van der Waals surface area (Å²) in [5.74, 6) is 0.690. The first kappa shape index (κ1) is 18.7. The molecule has 0 N–H and O–H groups in total. The highest BCUT2D eigenvalue weighted by molar-refractivity contribution is 7.91. The molecule has 0 saturated carbocycles. The van der Waals surface area contributed by atoms with Crippen LogP contribution in [0.15, 0.2) is 52.4 Å². The number of pyridine rings is 1. The van der Waals surface area contributed by atoms with E-state index in [9.17, 15) is 8.42 Å². The predicted molar refractivity (Wildman–Crippen MR) is 111 cm³/mol. The highest BCUT2D eigenvalue weighted by Gasteiger charge is 2.28. The highest BCUT2D eigenvalue weighted by Crippen LogP contribution is 2.38. The van der Waals surface area contributed by atoms with E-state index >= 15 is 0 Å². The monoisotopic (exact) mass is 396 g/mol. The molecule has 3 aromatic rings. The van der Waals surface area contributed by atoms with Crippen LogP contribution < -0.4 is 9.64 Å². The third kappa shape index (κ3) is 3.11. The second kappa shape index (κ2) is 7.09. The lowest BCUT2D eigenvalue weighted by Gasteiger charge is -2.23. The molecule has 4 rings (SSSR count). The number of aryl methyl sites for hydroxylation is 2. The first-order valence-electron chi connectivity index (χ1n) is 9.46. The van der Waals surface area contributed by atoms with E-state index < -0.39 is 9.84 Å². The maximum Gasteiger partial charge on any atom is 0.210 e. The molecule has 2 aromatic carbocycles. The fraction of sp³-hybridized carbons (Fsp3) is 0.318. The molecule has 1 saturated heterocycles. The highest BCUT2D eigenvalue weighted by atomic mass is 32.2. The summed E-state index contributed by atoms with van der Waals surface area (Å²) in [6.45, 7) is 5.59. The largest absolute Gasteiger partial charge is 0.497 e. The zero-order valence-electron chi connectivity index (χ0n) is 16.4. The fourth-order valence-corrected chi connectivity index (χ4v) is 5.26. The van der Waals surface area contributed by atoms with Crippen LogP contribution in [0.3, 0.4) is 0 Å². The van der Waals surface area contributed by atoms with Crippen molar-refractivity contribution in [1.29, 1.82) is 0 Å². The summed E-state index contributed by atoms with van der Waals surface area (Å²) in [6, 6.07) is 10.9. The summed E-state index contributed by atoms with van der Waals surface area (Å²) in [5, 5.41) is 0.811. The molecule has 1 aliphatic rings. The number of sulfone groups is 1. The van der Waals surface area contributed by atoms with E-state index in [1.165, 1.54) is 6.20 Å². The van der Waals surface area contributed by atoms with Crippen LogP contribution in [0.4, 0.5) is 5.69 Å². The van der Waals surface area contributed by atoms with Gasteiger partial charge in [-0.25, -0.2) is 8.42 Å². The Morgan fingerprint density at radius 1 is 1.00 bits per heavy atom. The number of benzene rings is 2. The summed E-state index contributed by atoms with van der Waals surface area (Å²) in [7, 11) is -2.09. The number of anilines is 1. The summed E-state index contributed by atoms with van der Waals surface area (Å²) >= 11 is 0. The smallest absolute Gasteiger partial charge is 0.210 e. The molecule has 0 unspecified atom stereocenters. The van der Waals surface area contributed by atoms with Gasteiger partial charge in [0.15, 0.2) is 0 Å². The Bertz CT molecular complexity index is 1150. The van der Waals surface area contributed by atoms with E-state index in [1.807, 2.05) is 38.1 Å². The molecule has 0 amide bonds.